The minimum absolute atomic E-state index is 0.538. The van der Waals surface area contributed by atoms with Crippen molar-refractivity contribution >= 4 is 27.6 Å². The van der Waals surface area contributed by atoms with Crippen molar-refractivity contribution in [3.05, 3.63) is 27.7 Å². The van der Waals surface area contributed by atoms with Gasteiger partial charge in [0.05, 0.1) is 0 Å². The average Bonchev–Trinajstić information content (AvgIpc) is 2.22. The molecule has 0 saturated carbocycles. The SMILES string of the molecule is CN=C(NN)Nc1cc(C)c(Br)c(C)c1. The topological polar surface area (TPSA) is 62.4 Å². The van der Waals surface area contributed by atoms with Crippen LogP contribution in [-0.4, -0.2) is 13.0 Å². The molecule has 0 spiro atoms. The largest absolute Gasteiger partial charge is 0.325 e. The molecule has 1 rings (SSSR count). The zero-order valence-electron chi connectivity index (χ0n) is 9.06. The van der Waals surface area contributed by atoms with Crippen molar-refractivity contribution in [2.75, 3.05) is 12.4 Å². The van der Waals surface area contributed by atoms with Gasteiger partial charge in [0.2, 0.25) is 5.96 Å². The van der Waals surface area contributed by atoms with Gasteiger partial charge in [0, 0.05) is 17.2 Å². The minimum atomic E-state index is 0.538. The van der Waals surface area contributed by atoms with E-state index in [2.05, 4.69) is 31.7 Å². The Morgan fingerprint density at radius 1 is 1.33 bits per heavy atom. The second kappa shape index (κ2) is 5.14. The molecule has 0 saturated heterocycles. The molecule has 1 aromatic carbocycles. The third-order valence-corrected chi connectivity index (χ3v) is 3.31. The van der Waals surface area contributed by atoms with Crippen LogP contribution in [0.25, 0.3) is 0 Å². The molecule has 0 aliphatic heterocycles. The van der Waals surface area contributed by atoms with Crippen molar-refractivity contribution in [1.82, 2.24) is 5.43 Å². The number of nitrogens with zero attached hydrogens (tertiary/aromatic N) is 1. The second-order valence-electron chi connectivity index (χ2n) is 3.27. The molecule has 15 heavy (non-hydrogen) atoms. The van der Waals surface area contributed by atoms with E-state index >= 15 is 0 Å². The highest BCUT2D eigenvalue weighted by Crippen LogP contribution is 2.24. The van der Waals surface area contributed by atoms with Crippen molar-refractivity contribution in [2.24, 2.45) is 10.8 Å². The quantitative estimate of drug-likeness (QED) is 0.316. The van der Waals surface area contributed by atoms with Crippen LogP contribution in [0.5, 0.6) is 0 Å². The Kier molecular flexibility index (Phi) is 4.11. The van der Waals surface area contributed by atoms with Gasteiger partial charge in [0.15, 0.2) is 0 Å². The molecule has 0 heterocycles. The Morgan fingerprint density at radius 3 is 2.27 bits per heavy atom. The monoisotopic (exact) mass is 270 g/mol. The van der Waals surface area contributed by atoms with E-state index in [1.807, 2.05) is 26.0 Å². The zero-order chi connectivity index (χ0) is 11.4. The molecule has 0 aliphatic rings. The fourth-order valence-electron chi connectivity index (χ4n) is 1.31. The zero-order valence-corrected chi connectivity index (χ0v) is 10.6. The first-order valence-electron chi connectivity index (χ1n) is 4.55. The third-order valence-electron chi connectivity index (χ3n) is 2.06. The Labute approximate surface area is 98.1 Å². The molecular weight excluding hydrogens is 256 g/mol. The number of guanidine groups is 1. The van der Waals surface area contributed by atoms with Crippen LogP contribution in [0.15, 0.2) is 21.6 Å². The number of anilines is 1. The summed E-state index contributed by atoms with van der Waals surface area (Å²) in [5.41, 5.74) is 5.79. The first-order valence-corrected chi connectivity index (χ1v) is 5.35. The van der Waals surface area contributed by atoms with Gasteiger partial charge in [-0.05, 0) is 37.1 Å². The Morgan fingerprint density at radius 2 is 1.87 bits per heavy atom. The van der Waals surface area contributed by atoms with E-state index in [1.54, 1.807) is 7.05 Å². The highest BCUT2D eigenvalue weighted by Gasteiger charge is 2.03. The Hall–Kier alpha value is -1.07. The van der Waals surface area contributed by atoms with Gasteiger partial charge in [0.25, 0.3) is 0 Å². The lowest BCUT2D eigenvalue weighted by atomic mass is 10.1. The van der Waals surface area contributed by atoms with Crippen LogP contribution in [0.4, 0.5) is 5.69 Å². The maximum Gasteiger partial charge on any atom is 0.209 e. The van der Waals surface area contributed by atoms with Crippen molar-refractivity contribution in [3.8, 4) is 0 Å². The molecule has 4 nitrogen and oxygen atoms in total. The summed E-state index contributed by atoms with van der Waals surface area (Å²) < 4.78 is 1.13. The van der Waals surface area contributed by atoms with Crippen LogP contribution in [0.3, 0.4) is 0 Å². The number of benzene rings is 1. The second-order valence-corrected chi connectivity index (χ2v) is 4.06. The molecule has 0 unspecified atom stereocenters. The lowest BCUT2D eigenvalue weighted by Gasteiger charge is -2.11. The predicted octanol–water partition coefficient (Wildman–Crippen LogP) is 1.93. The first-order chi connectivity index (χ1) is 7.08. The normalized spacial score (nSPS) is 11.4. The van der Waals surface area contributed by atoms with E-state index in [0.29, 0.717) is 5.96 Å². The molecule has 0 fully saturated rings. The molecule has 5 heteroatoms. The number of aryl methyl sites for hydroxylation is 2. The number of aliphatic imine (C=N–C) groups is 1. The summed E-state index contributed by atoms with van der Waals surface area (Å²) in [6.07, 6.45) is 0. The van der Waals surface area contributed by atoms with E-state index in [4.69, 9.17) is 5.84 Å². The number of hydrazine groups is 1. The summed E-state index contributed by atoms with van der Waals surface area (Å²) in [4.78, 5) is 3.94. The van der Waals surface area contributed by atoms with Crippen molar-refractivity contribution in [2.45, 2.75) is 13.8 Å². The average molecular weight is 271 g/mol. The predicted molar refractivity (Wildman–Crippen MR) is 67.9 cm³/mol. The number of rotatable bonds is 1. The van der Waals surface area contributed by atoms with E-state index in [1.165, 1.54) is 11.1 Å². The van der Waals surface area contributed by atoms with E-state index in [9.17, 15) is 0 Å². The van der Waals surface area contributed by atoms with Gasteiger partial charge < -0.3 is 5.32 Å². The van der Waals surface area contributed by atoms with Gasteiger partial charge in [0.1, 0.15) is 0 Å². The first kappa shape index (κ1) is 12.0. The highest BCUT2D eigenvalue weighted by molar-refractivity contribution is 9.10. The molecule has 0 bridgehead atoms. The molecule has 0 aromatic heterocycles. The molecule has 1 aromatic rings. The van der Waals surface area contributed by atoms with Gasteiger partial charge in [-0.3, -0.25) is 10.4 Å². The molecule has 0 amide bonds. The summed E-state index contributed by atoms with van der Waals surface area (Å²) in [7, 11) is 1.67. The van der Waals surface area contributed by atoms with Crippen molar-refractivity contribution in [3.63, 3.8) is 0 Å². The van der Waals surface area contributed by atoms with E-state index in [0.717, 1.165) is 10.2 Å². The Balaban J connectivity index is 2.97. The summed E-state index contributed by atoms with van der Waals surface area (Å²) in [6, 6.07) is 4.05. The van der Waals surface area contributed by atoms with Gasteiger partial charge in [-0.1, -0.05) is 15.9 Å². The maximum absolute atomic E-state index is 5.28. The summed E-state index contributed by atoms with van der Waals surface area (Å²) in [5, 5.41) is 3.08. The van der Waals surface area contributed by atoms with Crippen LogP contribution in [-0.2, 0) is 0 Å². The van der Waals surface area contributed by atoms with Crippen LogP contribution in [0, 0.1) is 13.8 Å². The fourth-order valence-corrected chi connectivity index (χ4v) is 1.54. The molecular formula is C10H15BrN4. The number of nitrogens with one attached hydrogen (secondary N) is 2. The van der Waals surface area contributed by atoms with Crippen LogP contribution < -0.4 is 16.6 Å². The number of halogens is 1. The van der Waals surface area contributed by atoms with E-state index < -0.39 is 0 Å². The van der Waals surface area contributed by atoms with Gasteiger partial charge in [-0.2, -0.15) is 0 Å². The van der Waals surface area contributed by atoms with Crippen LogP contribution >= 0.6 is 15.9 Å². The standard InChI is InChI=1S/C10H15BrN4/c1-6-4-8(5-7(2)9(6)11)14-10(13-3)15-12/h4-5H,12H2,1-3H3,(H2,13,14,15). The molecule has 82 valence electrons. The third kappa shape index (κ3) is 2.94. The van der Waals surface area contributed by atoms with Crippen LogP contribution in [0.2, 0.25) is 0 Å². The van der Waals surface area contributed by atoms with Crippen LogP contribution in [0.1, 0.15) is 11.1 Å². The number of hydrogen-bond acceptors (Lipinski definition) is 2. The number of nitrogens with two attached hydrogens (primary N) is 1. The summed E-state index contributed by atoms with van der Waals surface area (Å²) in [6.45, 7) is 4.09. The van der Waals surface area contributed by atoms with Gasteiger partial charge in [-0.25, -0.2) is 5.84 Å². The number of hydrogen-bond donors (Lipinski definition) is 3. The van der Waals surface area contributed by atoms with Crippen molar-refractivity contribution < 1.29 is 0 Å². The lowest BCUT2D eigenvalue weighted by molar-refractivity contribution is 1.01. The highest BCUT2D eigenvalue weighted by atomic mass is 79.9. The minimum Gasteiger partial charge on any atom is -0.325 e. The smallest absolute Gasteiger partial charge is 0.209 e. The van der Waals surface area contributed by atoms with Crippen molar-refractivity contribution in [1.29, 1.82) is 0 Å². The fraction of sp³-hybridized carbons (Fsp3) is 0.300. The summed E-state index contributed by atoms with van der Waals surface area (Å²) in [5.74, 6) is 5.82. The Bertz CT molecular complexity index is 364. The van der Waals surface area contributed by atoms with Gasteiger partial charge >= 0.3 is 0 Å². The molecule has 0 aliphatic carbocycles. The maximum atomic E-state index is 5.28. The lowest BCUT2D eigenvalue weighted by Crippen LogP contribution is -2.36. The molecule has 0 radical (unpaired) electrons. The summed E-state index contributed by atoms with van der Waals surface area (Å²) >= 11 is 3.52. The molecule has 4 N–H and O–H groups in total. The molecule has 0 atom stereocenters. The van der Waals surface area contributed by atoms with E-state index in [-0.39, 0.29) is 0 Å². The van der Waals surface area contributed by atoms with Gasteiger partial charge in [-0.15, -0.1) is 0 Å².